The Bertz CT molecular complexity index is 4790. The second-order valence-electron chi connectivity index (χ2n) is 18.7. The second kappa shape index (κ2) is 15.6. The maximum atomic E-state index is 11.4. The molecule has 0 aliphatic carbocycles. The van der Waals surface area contributed by atoms with E-state index in [1.54, 1.807) is 0 Å². The quantitative estimate of drug-likeness (QED) is 0.166. The van der Waals surface area contributed by atoms with E-state index >= 15 is 0 Å². The third-order valence-corrected chi connectivity index (χ3v) is 14.9. The van der Waals surface area contributed by atoms with Crippen molar-refractivity contribution in [1.82, 2.24) is 13.7 Å². The van der Waals surface area contributed by atoms with Gasteiger partial charge in [0.05, 0.1) is 61.0 Å². The number of nitrogens with zero attached hydrogens (tertiary/aromatic N) is 6. The van der Waals surface area contributed by atoms with Crippen molar-refractivity contribution in [3.8, 4) is 29.2 Å². The molecule has 0 atom stereocenters. The van der Waals surface area contributed by atoms with Crippen molar-refractivity contribution < 1.29 is 4.42 Å². The van der Waals surface area contributed by atoms with Crippen molar-refractivity contribution in [2.75, 3.05) is 4.90 Å². The van der Waals surface area contributed by atoms with Crippen LogP contribution in [0.2, 0.25) is 0 Å². The molecule has 0 aliphatic rings. The highest BCUT2D eigenvalue weighted by Crippen LogP contribution is 2.46. The minimum Gasteiger partial charge on any atom is -0.455 e. The lowest BCUT2D eigenvalue weighted by molar-refractivity contribution is 0.673. The molecule has 0 saturated heterocycles. The molecule has 0 amide bonds. The molecule has 0 aliphatic heterocycles. The average molecular weight is 931 g/mol. The summed E-state index contributed by atoms with van der Waals surface area (Å²) in [7, 11) is 0. The molecule has 0 bridgehead atoms. The number of furan rings is 1. The molecule has 11 aromatic carbocycles. The molecule has 7 nitrogen and oxygen atoms in total. The van der Waals surface area contributed by atoms with Crippen molar-refractivity contribution in [3.05, 3.63) is 242 Å². The van der Waals surface area contributed by atoms with Crippen LogP contribution in [0.15, 0.2) is 235 Å². The van der Waals surface area contributed by atoms with Crippen LogP contribution in [-0.4, -0.2) is 13.7 Å². The molecule has 0 saturated carbocycles. The molecule has 7 heteroatoms. The van der Waals surface area contributed by atoms with Gasteiger partial charge in [-0.15, -0.1) is 0 Å². The number of benzene rings is 11. The summed E-state index contributed by atoms with van der Waals surface area (Å²) in [5.41, 5.74) is 13.6. The topological polar surface area (TPSA) is 78.8 Å². The largest absolute Gasteiger partial charge is 0.455 e. The third-order valence-electron chi connectivity index (χ3n) is 14.9. The Hall–Kier alpha value is -10.3. The van der Waals surface area contributed by atoms with E-state index in [0.717, 1.165) is 110 Å². The predicted molar refractivity (Wildman–Crippen MR) is 298 cm³/mol. The van der Waals surface area contributed by atoms with Crippen molar-refractivity contribution in [1.29, 1.82) is 10.5 Å². The highest BCUT2D eigenvalue weighted by Gasteiger charge is 2.26. The second-order valence-corrected chi connectivity index (χ2v) is 18.7. The number of anilines is 3. The van der Waals surface area contributed by atoms with Crippen LogP contribution < -0.4 is 4.90 Å². The summed E-state index contributed by atoms with van der Waals surface area (Å²) in [6.07, 6.45) is 0. The van der Waals surface area contributed by atoms with Gasteiger partial charge >= 0.3 is 0 Å². The fourth-order valence-corrected chi connectivity index (χ4v) is 11.8. The minimum absolute atomic E-state index is 0.425. The van der Waals surface area contributed by atoms with Crippen molar-refractivity contribution >= 4 is 115 Å². The van der Waals surface area contributed by atoms with Crippen LogP contribution >= 0.6 is 0 Å². The Morgan fingerprint density at radius 2 is 0.849 bits per heavy atom. The maximum absolute atomic E-state index is 11.4. The van der Waals surface area contributed by atoms with E-state index in [1.165, 1.54) is 10.8 Å². The van der Waals surface area contributed by atoms with Crippen LogP contribution in [0.5, 0.6) is 0 Å². The molecular formula is C66H38N6O. The maximum Gasteiger partial charge on any atom is 0.145 e. The van der Waals surface area contributed by atoms with Gasteiger partial charge in [0.15, 0.2) is 0 Å². The van der Waals surface area contributed by atoms with E-state index in [1.807, 2.05) is 42.5 Å². The molecule has 0 spiro atoms. The lowest BCUT2D eigenvalue weighted by atomic mass is 10.0. The predicted octanol–water partition coefficient (Wildman–Crippen LogP) is 17.2. The average Bonchev–Trinajstić information content (AvgIpc) is 4.19. The van der Waals surface area contributed by atoms with Crippen LogP contribution in [0.25, 0.3) is 115 Å². The van der Waals surface area contributed by atoms with E-state index in [0.29, 0.717) is 22.5 Å². The van der Waals surface area contributed by atoms with E-state index in [9.17, 15) is 10.5 Å². The lowest BCUT2D eigenvalue weighted by Gasteiger charge is -2.25. The van der Waals surface area contributed by atoms with E-state index in [4.69, 9.17) is 4.42 Å². The summed E-state index contributed by atoms with van der Waals surface area (Å²) < 4.78 is 13.5. The lowest BCUT2D eigenvalue weighted by Crippen LogP contribution is -2.09. The van der Waals surface area contributed by atoms with Crippen LogP contribution in [0, 0.1) is 22.7 Å². The Kier molecular flexibility index (Phi) is 8.65. The van der Waals surface area contributed by atoms with Gasteiger partial charge in [0, 0.05) is 60.5 Å². The van der Waals surface area contributed by atoms with Gasteiger partial charge in [-0.05, 0) is 120 Å². The van der Waals surface area contributed by atoms with Gasteiger partial charge in [-0.1, -0.05) is 121 Å². The number of hydrogen-bond acceptors (Lipinski definition) is 4. The SMILES string of the molecule is N#Cc1cc(-n2c3ccc(N(c4ccccc4)c4ccccc4)cc3c3c4oc5ccccc5c4ccc32)c(C#N)cc1-n1c2ccc(-n3c4ccccc4c4ccccc43)cc2c2c3ccccc3ccc21. The van der Waals surface area contributed by atoms with E-state index in [-0.39, 0.29) is 0 Å². The fraction of sp³-hybridized carbons (Fsp3) is 0. The molecule has 15 aromatic rings. The number of fused-ring (bicyclic) bond motifs is 15. The highest BCUT2D eigenvalue weighted by atomic mass is 16.3. The zero-order valence-corrected chi connectivity index (χ0v) is 39.0. The zero-order chi connectivity index (χ0) is 48.3. The van der Waals surface area contributed by atoms with Crippen LogP contribution in [0.4, 0.5) is 17.1 Å². The van der Waals surface area contributed by atoms with Gasteiger partial charge < -0.3 is 23.0 Å². The standard InChI is InChI=1S/C66H38N6O/c67-39-42-36-62(72-58-32-28-46(69(44-16-3-1-4-17-44)45-18-5-2-6-19-45)37-54(58)65-60(72)34-30-52-51-23-11-14-26-63(51)73-66(52)65)43(40-68)35-61(42)71-57-33-29-47(38-53(57)64-48-20-8-7-15-41(48)27-31-59(64)71)70-55-24-12-9-21-49(55)50-22-10-13-25-56(50)70/h1-38H. The smallest absolute Gasteiger partial charge is 0.145 e. The van der Waals surface area contributed by atoms with Crippen LogP contribution in [0.3, 0.4) is 0 Å². The molecule has 0 fully saturated rings. The number of nitriles is 2. The first-order valence-corrected chi connectivity index (χ1v) is 24.4. The summed E-state index contributed by atoms with van der Waals surface area (Å²) >= 11 is 0. The first-order valence-electron chi connectivity index (χ1n) is 24.4. The summed E-state index contributed by atoms with van der Waals surface area (Å²) in [4.78, 5) is 2.26. The number of rotatable bonds is 6. The van der Waals surface area contributed by atoms with Crippen molar-refractivity contribution in [2.45, 2.75) is 0 Å². The van der Waals surface area contributed by atoms with Crippen LogP contribution in [-0.2, 0) is 0 Å². The van der Waals surface area contributed by atoms with Gasteiger partial charge in [0.2, 0.25) is 0 Å². The fourth-order valence-electron chi connectivity index (χ4n) is 11.8. The summed E-state index contributed by atoms with van der Waals surface area (Å²) in [5, 5.41) is 33.4. The van der Waals surface area contributed by atoms with E-state index in [2.05, 4.69) is 219 Å². The highest BCUT2D eigenvalue weighted by molar-refractivity contribution is 6.25. The first-order chi connectivity index (χ1) is 36.1. The number of hydrogen-bond donors (Lipinski definition) is 0. The molecule has 0 unspecified atom stereocenters. The van der Waals surface area contributed by atoms with Gasteiger partial charge in [0.1, 0.15) is 23.3 Å². The van der Waals surface area contributed by atoms with Gasteiger partial charge in [0.25, 0.3) is 0 Å². The third kappa shape index (κ3) is 5.85. The van der Waals surface area contributed by atoms with Crippen molar-refractivity contribution in [2.24, 2.45) is 0 Å². The summed E-state index contributed by atoms with van der Waals surface area (Å²) in [5.74, 6) is 0. The van der Waals surface area contributed by atoms with Gasteiger partial charge in [-0.2, -0.15) is 10.5 Å². The Morgan fingerprint density at radius 1 is 0.342 bits per heavy atom. The molecule has 0 radical (unpaired) electrons. The Morgan fingerprint density at radius 3 is 1.51 bits per heavy atom. The molecule has 15 rings (SSSR count). The van der Waals surface area contributed by atoms with Crippen molar-refractivity contribution in [3.63, 3.8) is 0 Å². The molecule has 4 heterocycles. The molecule has 73 heavy (non-hydrogen) atoms. The summed E-state index contributed by atoms with van der Waals surface area (Å²) in [6.45, 7) is 0. The summed E-state index contributed by atoms with van der Waals surface area (Å²) in [6, 6.07) is 85.1. The monoisotopic (exact) mass is 930 g/mol. The Labute approximate surface area is 417 Å². The van der Waals surface area contributed by atoms with E-state index < -0.39 is 0 Å². The molecule has 0 N–H and O–H groups in total. The zero-order valence-electron chi connectivity index (χ0n) is 39.0. The van der Waals surface area contributed by atoms with Crippen LogP contribution in [0.1, 0.15) is 11.1 Å². The molecule has 338 valence electrons. The molecular weight excluding hydrogens is 893 g/mol. The number of para-hydroxylation sites is 5. The number of aromatic nitrogens is 3. The molecule has 4 aromatic heterocycles. The first kappa shape index (κ1) is 40.5. The Balaban J connectivity index is 0.991. The van der Waals surface area contributed by atoms with Gasteiger partial charge in [-0.3, -0.25) is 0 Å². The minimum atomic E-state index is 0.425. The normalized spacial score (nSPS) is 11.8. The van der Waals surface area contributed by atoms with Gasteiger partial charge in [-0.25, -0.2) is 0 Å².